The molecular weight excluding hydrogens is 392 g/mol. The first kappa shape index (κ1) is 20.7. The van der Waals surface area contributed by atoms with Crippen LogP contribution in [0, 0.1) is 0 Å². The molecule has 0 aliphatic carbocycles. The average Bonchev–Trinajstić information content (AvgIpc) is 2.78. The fourth-order valence-electron chi connectivity index (χ4n) is 3.53. The highest BCUT2D eigenvalue weighted by atomic mass is 16.5. The van der Waals surface area contributed by atoms with E-state index in [9.17, 15) is 4.79 Å². The molecule has 3 heterocycles. The van der Waals surface area contributed by atoms with E-state index in [1.165, 1.54) is 0 Å². The van der Waals surface area contributed by atoms with Crippen molar-refractivity contribution in [1.82, 2.24) is 15.2 Å². The number of nitrogens with zero attached hydrogens (tertiary/aromatic N) is 4. The summed E-state index contributed by atoms with van der Waals surface area (Å²) < 4.78 is 5.78. The Labute approximate surface area is 181 Å². The van der Waals surface area contributed by atoms with Crippen LogP contribution >= 0.6 is 0 Å². The molecule has 1 aromatic carbocycles. The highest BCUT2D eigenvalue weighted by molar-refractivity contribution is 6.02. The van der Waals surface area contributed by atoms with Crippen LogP contribution in [0.25, 0.3) is 0 Å². The number of ether oxygens (including phenoxy) is 1. The molecule has 8 nitrogen and oxygen atoms in total. The largest absolute Gasteiger partial charge is 0.372 e. The predicted molar refractivity (Wildman–Crippen MR) is 120 cm³/mol. The van der Waals surface area contributed by atoms with E-state index in [1.54, 1.807) is 12.1 Å². The zero-order valence-corrected chi connectivity index (χ0v) is 17.7. The van der Waals surface area contributed by atoms with Gasteiger partial charge in [-0.3, -0.25) is 4.79 Å². The van der Waals surface area contributed by atoms with Gasteiger partial charge in [0.15, 0.2) is 5.69 Å². The summed E-state index contributed by atoms with van der Waals surface area (Å²) in [7, 11) is 0. The molecule has 1 saturated heterocycles. The molecule has 31 heavy (non-hydrogen) atoms. The van der Waals surface area contributed by atoms with E-state index in [0.717, 1.165) is 24.5 Å². The Morgan fingerprint density at radius 1 is 1.03 bits per heavy atom. The zero-order valence-electron chi connectivity index (χ0n) is 17.7. The van der Waals surface area contributed by atoms with E-state index >= 15 is 0 Å². The summed E-state index contributed by atoms with van der Waals surface area (Å²) in [6.07, 6.45) is 2.26. The first-order valence-electron chi connectivity index (χ1n) is 10.4. The Morgan fingerprint density at radius 2 is 1.81 bits per heavy atom. The predicted octanol–water partition coefficient (Wildman–Crippen LogP) is 3.35. The number of nitrogens with one attached hydrogen (secondary N) is 2. The molecule has 160 valence electrons. The first-order chi connectivity index (χ1) is 15.1. The van der Waals surface area contributed by atoms with E-state index < -0.39 is 0 Å². The Kier molecular flexibility index (Phi) is 6.37. The molecule has 2 N–H and O–H groups in total. The summed E-state index contributed by atoms with van der Waals surface area (Å²) in [5.74, 6) is 1.26. The highest BCUT2D eigenvalue weighted by Gasteiger charge is 2.22. The van der Waals surface area contributed by atoms with Gasteiger partial charge in [0.2, 0.25) is 0 Å². The van der Waals surface area contributed by atoms with Crippen LogP contribution in [0.15, 0.2) is 60.8 Å². The quantitative estimate of drug-likeness (QED) is 0.634. The lowest BCUT2D eigenvalue weighted by Gasteiger charge is -2.36. The van der Waals surface area contributed by atoms with Crippen LogP contribution in [0.4, 0.5) is 17.3 Å². The smallest absolute Gasteiger partial charge is 0.276 e. The van der Waals surface area contributed by atoms with E-state index in [-0.39, 0.29) is 23.8 Å². The third-order valence-corrected chi connectivity index (χ3v) is 4.96. The molecule has 0 radical (unpaired) electrons. The van der Waals surface area contributed by atoms with Gasteiger partial charge in [0, 0.05) is 31.5 Å². The van der Waals surface area contributed by atoms with Crippen molar-refractivity contribution in [2.24, 2.45) is 0 Å². The molecule has 0 bridgehead atoms. The number of amides is 1. The van der Waals surface area contributed by atoms with Gasteiger partial charge < -0.3 is 20.3 Å². The third kappa shape index (κ3) is 5.55. The second-order valence-corrected chi connectivity index (χ2v) is 7.66. The number of aromatic nitrogens is 3. The van der Waals surface area contributed by atoms with Crippen LogP contribution in [-0.4, -0.2) is 46.4 Å². The second kappa shape index (κ2) is 9.53. The molecule has 0 spiro atoms. The van der Waals surface area contributed by atoms with Crippen LogP contribution in [0.2, 0.25) is 0 Å². The fraction of sp³-hybridized carbons (Fsp3) is 0.304. The second-order valence-electron chi connectivity index (χ2n) is 7.66. The van der Waals surface area contributed by atoms with Crippen molar-refractivity contribution in [3.8, 4) is 0 Å². The van der Waals surface area contributed by atoms with Crippen molar-refractivity contribution in [1.29, 1.82) is 0 Å². The summed E-state index contributed by atoms with van der Waals surface area (Å²) in [6, 6.07) is 16.7. The molecule has 8 heteroatoms. The van der Waals surface area contributed by atoms with Crippen LogP contribution < -0.4 is 15.5 Å². The van der Waals surface area contributed by atoms with Crippen molar-refractivity contribution in [3.05, 3.63) is 72.1 Å². The minimum atomic E-state index is -0.295. The number of rotatable bonds is 6. The van der Waals surface area contributed by atoms with Crippen molar-refractivity contribution in [2.75, 3.05) is 28.6 Å². The number of carbonyl (C=O) groups excluding carboxylic acids is 1. The molecule has 2 unspecified atom stereocenters. The first-order valence-corrected chi connectivity index (χ1v) is 10.4. The summed E-state index contributed by atoms with van der Waals surface area (Å²) in [5, 5.41) is 14.1. The number of benzene rings is 1. The number of anilines is 3. The average molecular weight is 419 g/mol. The summed E-state index contributed by atoms with van der Waals surface area (Å²) in [6.45, 7) is 6.41. The molecular formula is C23H26N6O2. The minimum Gasteiger partial charge on any atom is -0.372 e. The van der Waals surface area contributed by atoms with Crippen LogP contribution in [0.1, 0.15) is 29.9 Å². The summed E-state index contributed by atoms with van der Waals surface area (Å²) >= 11 is 0. The van der Waals surface area contributed by atoms with Gasteiger partial charge in [-0.15, -0.1) is 10.2 Å². The monoisotopic (exact) mass is 418 g/mol. The molecule has 1 amide bonds. The van der Waals surface area contributed by atoms with Crippen molar-refractivity contribution in [2.45, 2.75) is 32.6 Å². The molecule has 1 aliphatic rings. The summed E-state index contributed by atoms with van der Waals surface area (Å²) in [4.78, 5) is 19.1. The lowest BCUT2D eigenvalue weighted by atomic mass is 10.2. The van der Waals surface area contributed by atoms with Crippen LogP contribution in [0.3, 0.4) is 0 Å². The van der Waals surface area contributed by atoms with Gasteiger partial charge in [-0.05, 0) is 49.7 Å². The SMILES string of the molecule is CC1CN(c2ccc(CNc3ccc(C(=O)Nc4ccccc4)nn3)cn2)CC(C)O1. The van der Waals surface area contributed by atoms with Crippen LogP contribution in [-0.2, 0) is 11.3 Å². The zero-order chi connectivity index (χ0) is 21.6. The Morgan fingerprint density at radius 3 is 2.45 bits per heavy atom. The third-order valence-electron chi connectivity index (χ3n) is 4.96. The van der Waals surface area contributed by atoms with E-state index in [2.05, 4.69) is 50.6 Å². The van der Waals surface area contributed by atoms with Crippen molar-refractivity contribution < 1.29 is 9.53 Å². The number of carbonyl (C=O) groups is 1. The number of hydrogen-bond acceptors (Lipinski definition) is 7. The molecule has 1 aliphatic heterocycles. The van der Waals surface area contributed by atoms with Crippen LogP contribution in [0.5, 0.6) is 0 Å². The van der Waals surface area contributed by atoms with Gasteiger partial charge in [-0.25, -0.2) is 4.98 Å². The fourth-order valence-corrected chi connectivity index (χ4v) is 3.53. The standard InChI is InChI=1S/C23H26N6O2/c1-16-14-29(15-17(2)31-16)22-11-8-18(13-25-22)12-24-21-10-9-20(27-28-21)23(30)26-19-6-4-3-5-7-19/h3-11,13,16-17H,12,14-15H2,1-2H3,(H,24,28)(H,26,30). The molecule has 2 aromatic heterocycles. The van der Waals surface area contributed by atoms with Gasteiger partial charge in [0.1, 0.15) is 11.6 Å². The number of para-hydroxylation sites is 1. The number of morpholine rings is 1. The van der Waals surface area contributed by atoms with Crippen molar-refractivity contribution >= 4 is 23.2 Å². The minimum absolute atomic E-state index is 0.197. The topological polar surface area (TPSA) is 92.3 Å². The van der Waals surface area contributed by atoms with E-state index in [0.29, 0.717) is 18.1 Å². The van der Waals surface area contributed by atoms with E-state index in [1.807, 2.05) is 42.6 Å². The highest BCUT2D eigenvalue weighted by Crippen LogP contribution is 2.18. The Hall–Kier alpha value is -3.52. The Balaban J connectivity index is 1.30. The van der Waals surface area contributed by atoms with Gasteiger partial charge in [-0.2, -0.15) is 0 Å². The van der Waals surface area contributed by atoms with Gasteiger partial charge in [0.25, 0.3) is 5.91 Å². The maximum absolute atomic E-state index is 12.3. The number of pyridine rings is 1. The molecule has 2 atom stereocenters. The lowest BCUT2D eigenvalue weighted by molar-refractivity contribution is -0.00546. The molecule has 0 saturated carbocycles. The molecule has 3 aromatic rings. The van der Waals surface area contributed by atoms with E-state index in [4.69, 9.17) is 4.74 Å². The van der Waals surface area contributed by atoms with Gasteiger partial charge in [-0.1, -0.05) is 24.3 Å². The summed E-state index contributed by atoms with van der Waals surface area (Å²) in [5.41, 5.74) is 2.01. The maximum Gasteiger partial charge on any atom is 0.276 e. The lowest BCUT2D eigenvalue weighted by Crippen LogP contribution is -2.45. The molecule has 4 rings (SSSR count). The van der Waals surface area contributed by atoms with Gasteiger partial charge >= 0.3 is 0 Å². The Bertz CT molecular complexity index is 985. The molecule has 1 fully saturated rings. The normalized spacial score (nSPS) is 18.5. The van der Waals surface area contributed by atoms with Gasteiger partial charge in [0.05, 0.1) is 12.2 Å². The number of hydrogen-bond donors (Lipinski definition) is 2. The maximum atomic E-state index is 12.3. The van der Waals surface area contributed by atoms with Crippen molar-refractivity contribution in [3.63, 3.8) is 0 Å².